The number of anilines is 2. The molecule has 11 heteroatoms. The summed E-state index contributed by atoms with van der Waals surface area (Å²) in [6, 6.07) is 7.55. The van der Waals surface area contributed by atoms with E-state index in [0.717, 1.165) is 23.4 Å². The van der Waals surface area contributed by atoms with E-state index in [4.69, 9.17) is 9.84 Å². The van der Waals surface area contributed by atoms with Gasteiger partial charge in [0.15, 0.2) is 0 Å². The Morgan fingerprint density at radius 3 is 2.50 bits per heavy atom. The maximum absolute atomic E-state index is 14.3. The van der Waals surface area contributed by atoms with Crippen LogP contribution in [0.4, 0.5) is 29.2 Å². The quantitative estimate of drug-likeness (QED) is 0.535. The van der Waals surface area contributed by atoms with E-state index in [1.807, 2.05) is 11.0 Å². The Hall–Kier alpha value is -3.57. The number of amides is 1. The number of aromatic nitrogens is 2. The molecule has 0 aliphatic carbocycles. The third kappa shape index (κ3) is 4.07. The van der Waals surface area contributed by atoms with Crippen LogP contribution in [0.5, 0.6) is 0 Å². The Balaban J connectivity index is 1.49. The largest absolute Gasteiger partial charge is 0.416 e. The Morgan fingerprint density at radius 2 is 1.89 bits per heavy atom. The molecule has 1 saturated heterocycles. The maximum Gasteiger partial charge on any atom is 0.416 e. The first-order chi connectivity index (χ1) is 17.1. The number of halogens is 4. The van der Waals surface area contributed by atoms with E-state index < -0.39 is 17.6 Å². The van der Waals surface area contributed by atoms with E-state index in [-0.39, 0.29) is 41.5 Å². The summed E-state index contributed by atoms with van der Waals surface area (Å²) in [7, 11) is 1.60. The van der Waals surface area contributed by atoms with E-state index in [1.54, 1.807) is 19.2 Å². The second-order valence-corrected chi connectivity index (χ2v) is 9.01. The summed E-state index contributed by atoms with van der Waals surface area (Å²) >= 11 is 0. The van der Waals surface area contributed by atoms with E-state index in [1.165, 1.54) is 17.3 Å². The van der Waals surface area contributed by atoms with Gasteiger partial charge in [0, 0.05) is 54.9 Å². The van der Waals surface area contributed by atoms with Crippen molar-refractivity contribution < 1.29 is 32.2 Å². The molecular weight excluding hydrogens is 480 g/mol. The van der Waals surface area contributed by atoms with Gasteiger partial charge in [-0.25, -0.2) is 14.4 Å². The Kier molecular flexibility index (Phi) is 5.92. The van der Waals surface area contributed by atoms with Gasteiger partial charge >= 0.3 is 6.18 Å². The molecule has 1 N–H and O–H groups in total. The number of aliphatic hydroxyl groups excluding tert-OH is 1. The molecule has 1 fully saturated rings. The third-order valence-electron chi connectivity index (χ3n) is 6.59. The molecule has 2 aromatic carbocycles. The highest BCUT2D eigenvalue weighted by atomic mass is 19.4. The first-order valence-corrected chi connectivity index (χ1v) is 11.2. The van der Waals surface area contributed by atoms with Crippen LogP contribution in [0.25, 0.3) is 11.1 Å². The first-order valence-electron chi connectivity index (χ1n) is 11.2. The van der Waals surface area contributed by atoms with Crippen LogP contribution in [0.3, 0.4) is 0 Å². The van der Waals surface area contributed by atoms with Gasteiger partial charge < -0.3 is 19.6 Å². The molecule has 0 radical (unpaired) electrons. The number of aliphatic hydroxyl groups is 1. The van der Waals surface area contributed by atoms with Crippen LogP contribution in [0.15, 0.2) is 48.8 Å². The van der Waals surface area contributed by atoms with Crippen molar-refractivity contribution in [3.63, 3.8) is 0 Å². The minimum atomic E-state index is -4.61. The van der Waals surface area contributed by atoms with E-state index in [0.29, 0.717) is 31.4 Å². The fourth-order valence-corrected chi connectivity index (χ4v) is 4.58. The minimum absolute atomic E-state index is 0.109. The second kappa shape index (κ2) is 8.82. The van der Waals surface area contributed by atoms with Crippen molar-refractivity contribution in [3.8, 4) is 11.1 Å². The Morgan fingerprint density at radius 1 is 1.17 bits per heavy atom. The van der Waals surface area contributed by atoms with Crippen molar-refractivity contribution in [1.82, 2.24) is 14.9 Å². The summed E-state index contributed by atoms with van der Waals surface area (Å²) in [5, 5.41) is 9.15. The molecule has 36 heavy (non-hydrogen) atoms. The molecule has 7 nitrogen and oxygen atoms in total. The van der Waals surface area contributed by atoms with E-state index >= 15 is 0 Å². The van der Waals surface area contributed by atoms with Crippen molar-refractivity contribution in [2.45, 2.75) is 11.6 Å². The molecule has 3 heterocycles. The molecule has 1 spiro atoms. The van der Waals surface area contributed by atoms with Crippen LogP contribution in [0.2, 0.25) is 0 Å². The molecule has 5 rings (SSSR count). The molecule has 1 amide bonds. The fraction of sp³-hybridized carbons (Fsp3) is 0.320. The van der Waals surface area contributed by atoms with Crippen LogP contribution >= 0.6 is 0 Å². The number of benzene rings is 2. The van der Waals surface area contributed by atoms with Gasteiger partial charge in [0.2, 0.25) is 5.95 Å². The van der Waals surface area contributed by atoms with Gasteiger partial charge in [0.25, 0.3) is 5.91 Å². The number of carbonyl (C=O) groups is 1. The summed E-state index contributed by atoms with van der Waals surface area (Å²) in [6.07, 6.45) is -2.04. The topological polar surface area (TPSA) is 78.8 Å². The van der Waals surface area contributed by atoms with E-state index in [2.05, 4.69) is 9.97 Å². The summed E-state index contributed by atoms with van der Waals surface area (Å²) in [5.41, 5.74) is 0.732. The highest BCUT2D eigenvalue weighted by Gasteiger charge is 2.49. The van der Waals surface area contributed by atoms with Crippen molar-refractivity contribution in [2.75, 3.05) is 44.9 Å². The standard InChI is InChI=1S/C25H22F4N4O3/c1-32(6-7-34)22(35)15-2-4-19-21(8-15)33(12-24(19)13-36-14-24)23-30-10-16(11-31-23)18-9-17(25(27,28)29)3-5-20(18)26/h2-5,8-11,34H,6-7,12-14H2,1H3. The van der Waals surface area contributed by atoms with Crippen LogP contribution in [-0.2, 0) is 16.3 Å². The number of fused-ring (bicyclic) bond motifs is 2. The summed E-state index contributed by atoms with van der Waals surface area (Å²) in [4.78, 5) is 24.7. The third-order valence-corrected chi connectivity index (χ3v) is 6.59. The summed E-state index contributed by atoms with van der Waals surface area (Å²) < 4.78 is 59.1. The number of carbonyl (C=O) groups excluding carboxylic acids is 1. The van der Waals surface area contributed by atoms with Crippen LogP contribution in [0, 0.1) is 5.82 Å². The molecule has 0 atom stereocenters. The number of hydrogen-bond donors (Lipinski definition) is 1. The van der Waals surface area contributed by atoms with Crippen LogP contribution in [0.1, 0.15) is 21.5 Å². The molecule has 1 aromatic heterocycles. The minimum Gasteiger partial charge on any atom is -0.395 e. The molecule has 0 saturated carbocycles. The lowest BCUT2D eigenvalue weighted by Gasteiger charge is -2.38. The Bertz CT molecular complexity index is 1310. The van der Waals surface area contributed by atoms with Gasteiger partial charge in [-0.2, -0.15) is 13.2 Å². The number of hydrogen-bond acceptors (Lipinski definition) is 6. The van der Waals surface area contributed by atoms with Gasteiger partial charge in [-0.15, -0.1) is 0 Å². The summed E-state index contributed by atoms with van der Waals surface area (Å²) in [6.45, 7) is 1.49. The van der Waals surface area contributed by atoms with Gasteiger partial charge in [-0.05, 0) is 35.9 Å². The number of nitrogens with zero attached hydrogens (tertiary/aromatic N) is 4. The zero-order valence-corrected chi connectivity index (χ0v) is 19.2. The molecule has 2 aliphatic rings. The van der Waals surface area contributed by atoms with Crippen molar-refractivity contribution in [3.05, 3.63) is 71.3 Å². The van der Waals surface area contributed by atoms with E-state index in [9.17, 15) is 22.4 Å². The molecule has 188 valence electrons. The van der Waals surface area contributed by atoms with Crippen molar-refractivity contribution in [2.24, 2.45) is 0 Å². The predicted octanol–water partition coefficient (Wildman–Crippen LogP) is 3.79. The number of likely N-dealkylation sites (N-methyl/N-ethyl adjacent to an activating group) is 1. The van der Waals surface area contributed by atoms with Gasteiger partial charge in [-0.1, -0.05) is 6.07 Å². The maximum atomic E-state index is 14.3. The molecule has 0 unspecified atom stereocenters. The normalized spacial score (nSPS) is 16.1. The van der Waals surface area contributed by atoms with Crippen molar-refractivity contribution >= 4 is 17.5 Å². The lowest BCUT2D eigenvalue weighted by Crippen LogP contribution is -2.49. The molecule has 2 aliphatic heterocycles. The molecular formula is C25H22F4N4O3. The SMILES string of the molecule is CN(CCO)C(=O)c1ccc2c(c1)N(c1ncc(-c3cc(C(F)(F)F)ccc3F)cn1)CC21COC1. The smallest absolute Gasteiger partial charge is 0.395 e. The lowest BCUT2D eigenvalue weighted by molar-refractivity contribution is -0.137. The Labute approximate surface area is 204 Å². The highest BCUT2D eigenvalue weighted by molar-refractivity contribution is 5.96. The predicted molar refractivity (Wildman–Crippen MR) is 122 cm³/mol. The fourth-order valence-electron chi connectivity index (χ4n) is 4.58. The molecule has 0 bridgehead atoms. The zero-order chi connectivity index (χ0) is 25.7. The van der Waals surface area contributed by atoms with Crippen LogP contribution in [-0.4, -0.2) is 65.8 Å². The average Bonchev–Trinajstić information content (AvgIpc) is 3.19. The number of ether oxygens (including phenoxy) is 1. The first kappa shape index (κ1) is 24.1. The van der Waals surface area contributed by atoms with Crippen molar-refractivity contribution in [1.29, 1.82) is 0 Å². The highest BCUT2D eigenvalue weighted by Crippen LogP contribution is 2.48. The lowest BCUT2D eigenvalue weighted by atomic mass is 9.80. The second-order valence-electron chi connectivity index (χ2n) is 9.01. The molecule has 3 aromatic rings. The van der Waals surface area contributed by atoms with Gasteiger partial charge in [-0.3, -0.25) is 4.79 Å². The van der Waals surface area contributed by atoms with Gasteiger partial charge in [0.05, 0.1) is 30.8 Å². The summed E-state index contributed by atoms with van der Waals surface area (Å²) in [5.74, 6) is -0.801. The zero-order valence-electron chi connectivity index (χ0n) is 19.2. The number of alkyl halides is 3. The van der Waals surface area contributed by atoms with Crippen LogP contribution < -0.4 is 4.90 Å². The number of rotatable bonds is 5. The average molecular weight is 502 g/mol. The monoisotopic (exact) mass is 502 g/mol. The van der Waals surface area contributed by atoms with Gasteiger partial charge in [0.1, 0.15) is 5.82 Å².